The van der Waals surface area contributed by atoms with E-state index in [1.54, 1.807) is 0 Å². The van der Waals surface area contributed by atoms with E-state index in [9.17, 15) is 4.79 Å². The summed E-state index contributed by atoms with van der Waals surface area (Å²) in [5.41, 5.74) is 5.45. The van der Waals surface area contributed by atoms with Crippen molar-refractivity contribution in [3.63, 3.8) is 0 Å². The Balaban J connectivity index is 1.24. The summed E-state index contributed by atoms with van der Waals surface area (Å²) in [5.74, 6) is 1.48. The zero-order chi connectivity index (χ0) is 23.6. The minimum Gasteiger partial charge on any atom is -0.369 e. The Morgan fingerprint density at radius 1 is 1.00 bits per heavy atom. The Morgan fingerprint density at radius 3 is 2.65 bits per heavy atom. The van der Waals surface area contributed by atoms with E-state index in [4.69, 9.17) is 11.6 Å². The molecule has 2 aromatic heterocycles. The maximum Gasteiger partial charge on any atom is 0.236 e. The SMILES string of the molecule is O=C(CNCCNc1ccc(-c2ccnc(Cc3cccc(CCl)c3)c2)cn1)N1CCNCC1. The summed E-state index contributed by atoms with van der Waals surface area (Å²) >= 11 is 5.96. The summed E-state index contributed by atoms with van der Waals surface area (Å²) in [6.45, 7) is 5.08. The van der Waals surface area contributed by atoms with E-state index < -0.39 is 0 Å². The lowest BCUT2D eigenvalue weighted by molar-refractivity contribution is -0.130. The lowest BCUT2D eigenvalue weighted by Gasteiger charge is -2.27. The minimum absolute atomic E-state index is 0.160. The van der Waals surface area contributed by atoms with Crippen LogP contribution in [0.15, 0.2) is 60.9 Å². The molecule has 4 rings (SSSR count). The quantitative estimate of drug-likeness (QED) is 0.307. The molecule has 7 nitrogen and oxygen atoms in total. The van der Waals surface area contributed by atoms with Gasteiger partial charge in [0.1, 0.15) is 5.82 Å². The maximum atomic E-state index is 12.2. The van der Waals surface area contributed by atoms with Gasteiger partial charge in [-0.05, 0) is 41.0 Å². The number of rotatable bonds is 10. The van der Waals surface area contributed by atoms with Crippen molar-refractivity contribution in [2.45, 2.75) is 12.3 Å². The highest BCUT2D eigenvalue weighted by Crippen LogP contribution is 2.21. The summed E-state index contributed by atoms with van der Waals surface area (Å²) in [7, 11) is 0. The van der Waals surface area contributed by atoms with Gasteiger partial charge in [0.2, 0.25) is 5.91 Å². The van der Waals surface area contributed by atoms with Crippen LogP contribution >= 0.6 is 11.6 Å². The van der Waals surface area contributed by atoms with E-state index in [0.717, 1.165) is 60.8 Å². The van der Waals surface area contributed by atoms with Crippen LogP contribution in [0, 0.1) is 0 Å². The smallest absolute Gasteiger partial charge is 0.236 e. The number of pyridine rings is 2. The molecule has 1 aromatic carbocycles. The predicted molar refractivity (Wildman–Crippen MR) is 137 cm³/mol. The number of benzene rings is 1. The van der Waals surface area contributed by atoms with Gasteiger partial charge in [0.25, 0.3) is 0 Å². The largest absolute Gasteiger partial charge is 0.369 e. The number of hydrogen-bond acceptors (Lipinski definition) is 6. The number of nitrogens with zero attached hydrogens (tertiary/aromatic N) is 3. The second-order valence-electron chi connectivity index (χ2n) is 8.33. The topological polar surface area (TPSA) is 82.2 Å². The number of halogens is 1. The molecule has 1 saturated heterocycles. The number of piperazine rings is 1. The number of hydrogen-bond donors (Lipinski definition) is 3. The average Bonchev–Trinajstić information content (AvgIpc) is 2.89. The van der Waals surface area contributed by atoms with Crippen molar-refractivity contribution in [2.24, 2.45) is 0 Å². The van der Waals surface area contributed by atoms with Crippen molar-refractivity contribution in [1.82, 2.24) is 25.5 Å². The van der Waals surface area contributed by atoms with Crippen LogP contribution in [0.4, 0.5) is 5.82 Å². The van der Waals surface area contributed by atoms with E-state index in [0.29, 0.717) is 25.5 Å². The van der Waals surface area contributed by atoms with Crippen molar-refractivity contribution in [3.8, 4) is 11.1 Å². The fourth-order valence-corrected chi connectivity index (χ4v) is 4.12. The van der Waals surface area contributed by atoms with E-state index in [1.807, 2.05) is 41.6 Å². The summed E-state index contributed by atoms with van der Waals surface area (Å²) in [6, 6.07) is 16.4. The number of alkyl halides is 1. The van der Waals surface area contributed by atoms with Gasteiger partial charge in [-0.25, -0.2) is 4.98 Å². The van der Waals surface area contributed by atoms with Gasteiger partial charge in [-0.2, -0.15) is 0 Å². The zero-order valence-electron chi connectivity index (χ0n) is 19.3. The second-order valence-corrected chi connectivity index (χ2v) is 8.60. The first-order valence-corrected chi connectivity index (χ1v) is 12.2. The Hall–Kier alpha value is -3.00. The third-order valence-electron chi connectivity index (χ3n) is 5.80. The molecule has 0 unspecified atom stereocenters. The molecule has 178 valence electrons. The Kier molecular flexibility index (Phi) is 8.84. The molecule has 3 N–H and O–H groups in total. The van der Waals surface area contributed by atoms with Crippen LogP contribution in [0.1, 0.15) is 16.8 Å². The van der Waals surface area contributed by atoms with Gasteiger partial charge in [-0.1, -0.05) is 24.3 Å². The fraction of sp³-hybridized carbons (Fsp3) is 0.346. The van der Waals surface area contributed by atoms with E-state index in [-0.39, 0.29) is 5.91 Å². The Labute approximate surface area is 206 Å². The van der Waals surface area contributed by atoms with E-state index in [2.05, 4.69) is 50.2 Å². The third-order valence-corrected chi connectivity index (χ3v) is 6.11. The average molecular weight is 479 g/mol. The van der Waals surface area contributed by atoms with Crippen molar-refractivity contribution in [3.05, 3.63) is 77.7 Å². The van der Waals surface area contributed by atoms with Crippen LogP contribution in [0.3, 0.4) is 0 Å². The van der Waals surface area contributed by atoms with Crippen LogP contribution in [-0.4, -0.2) is 66.6 Å². The van der Waals surface area contributed by atoms with Crippen LogP contribution in [-0.2, 0) is 17.1 Å². The van der Waals surface area contributed by atoms with Gasteiger partial charge in [-0.15, -0.1) is 11.6 Å². The van der Waals surface area contributed by atoms with Crippen molar-refractivity contribution in [2.75, 3.05) is 51.1 Å². The van der Waals surface area contributed by atoms with E-state index >= 15 is 0 Å². The van der Waals surface area contributed by atoms with Gasteiger partial charge in [0.05, 0.1) is 6.54 Å². The van der Waals surface area contributed by atoms with Crippen molar-refractivity contribution < 1.29 is 4.79 Å². The van der Waals surface area contributed by atoms with Gasteiger partial charge >= 0.3 is 0 Å². The van der Waals surface area contributed by atoms with Crippen molar-refractivity contribution >= 4 is 23.3 Å². The number of carbonyl (C=O) groups is 1. The fourth-order valence-electron chi connectivity index (χ4n) is 3.96. The van der Waals surface area contributed by atoms with Crippen molar-refractivity contribution in [1.29, 1.82) is 0 Å². The molecular weight excluding hydrogens is 448 g/mol. The zero-order valence-corrected chi connectivity index (χ0v) is 20.0. The molecule has 1 aliphatic heterocycles. The molecule has 0 radical (unpaired) electrons. The molecule has 0 saturated carbocycles. The molecule has 0 bridgehead atoms. The van der Waals surface area contributed by atoms with Crippen LogP contribution < -0.4 is 16.0 Å². The first-order chi connectivity index (χ1) is 16.7. The summed E-state index contributed by atoms with van der Waals surface area (Å²) in [5, 5.41) is 9.76. The molecule has 1 aliphatic rings. The Morgan fingerprint density at radius 2 is 1.85 bits per heavy atom. The molecule has 3 heterocycles. The first kappa shape index (κ1) is 24.1. The van der Waals surface area contributed by atoms with Crippen LogP contribution in [0.2, 0.25) is 0 Å². The highest BCUT2D eigenvalue weighted by molar-refractivity contribution is 6.17. The summed E-state index contributed by atoms with van der Waals surface area (Å²) in [4.78, 5) is 23.1. The molecule has 1 amide bonds. The molecule has 8 heteroatoms. The van der Waals surface area contributed by atoms with Gasteiger partial charge in [-0.3, -0.25) is 9.78 Å². The molecule has 0 aliphatic carbocycles. The number of aromatic nitrogens is 2. The summed E-state index contributed by atoms with van der Waals surface area (Å²) in [6.07, 6.45) is 4.47. The van der Waals surface area contributed by atoms with Gasteiger partial charge in [0.15, 0.2) is 0 Å². The highest BCUT2D eigenvalue weighted by Gasteiger charge is 2.15. The normalized spacial score (nSPS) is 13.6. The van der Waals surface area contributed by atoms with E-state index in [1.165, 1.54) is 5.56 Å². The molecule has 0 spiro atoms. The first-order valence-electron chi connectivity index (χ1n) is 11.7. The third kappa shape index (κ3) is 7.00. The van der Waals surface area contributed by atoms with Gasteiger partial charge in [0, 0.05) is 75.2 Å². The van der Waals surface area contributed by atoms with Crippen LogP contribution in [0.5, 0.6) is 0 Å². The predicted octanol–water partition coefficient (Wildman–Crippen LogP) is 2.91. The molecular formula is C26H31ClN6O. The minimum atomic E-state index is 0.160. The lowest BCUT2D eigenvalue weighted by Crippen LogP contribution is -2.49. The standard InChI is InChI=1S/C26H31ClN6O/c27-17-21-3-1-2-20(14-21)15-24-16-22(6-7-30-24)23-4-5-25(32-18-23)31-9-8-29-19-26(34)33-12-10-28-11-13-33/h1-7,14,16,18,28-29H,8-13,15,17,19H2,(H,31,32). The van der Waals surface area contributed by atoms with Gasteiger partial charge < -0.3 is 20.9 Å². The monoisotopic (exact) mass is 478 g/mol. The number of amides is 1. The maximum absolute atomic E-state index is 12.2. The molecule has 1 fully saturated rings. The lowest BCUT2D eigenvalue weighted by atomic mass is 10.0. The highest BCUT2D eigenvalue weighted by atomic mass is 35.5. The number of anilines is 1. The molecule has 3 aromatic rings. The Bertz CT molecular complexity index is 1070. The summed E-state index contributed by atoms with van der Waals surface area (Å²) < 4.78 is 0. The van der Waals surface area contributed by atoms with Crippen LogP contribution in [0.25, 0.3) is 11.1 Å². The second kappa shape index (κ2) is 12.5. The molecule has 34 heavy (non-hydrogen) atoms. The molecule has 0 atom stereocenters. The number of nitrogens with one attached hydrogen (secondary N) is 3. The number of carbonyl (C=O) groups excluding carboxylic acids is 1.